The predicted molar refractivity (Wildman–Crippen MR) is 128 cm³/mol. The fourth-order valence-corrected chi connectivity index (χ4v) is 5.01. The molecule has 0 radical (unpaired) electrons. The minimum absolute atomic E-state index is 0.0893. The topological polar surface area (TPSA) is 91.9 Å². The maximum absolute atomic E-state index is 13.3. The van der Waals surface area contributed by atoms with Gasteiger partial charge >= 0.3 is 0 Å². The SMILES string of the molecule is CCn1c(=O)c(N2CCC[C@H](C(=O)N3CCN(C(=O)c4ccco4)CC3)C2)nc2ccccc21. The molecule has 2 amide bonds. The Bertz CT molecular complexity index is 1240. The van der Waals surface area contributed by atoms with E-state index in [9.17, 15) is 14.4 Å². The lowest BCUT2D eigenvalue weighted by Gasteiger charge is -2.39. The highest BCUT2D eigenvalue weighted by Crippen LogP contribution is 2.24. The van der Waals surface area contributed by atoms with Gasteiger partial charge in [-0.3, -0.25) is 14.4 Å². The largest absolute Gasteiger partial charge is 0.459 e. The summed E-state index contributed by atoms with van der Waals surface area (Å²) in [5.41, 5.74) is 1.49. The molecule has 5 rings (SSSR count). The third-order valence-corrected chi connectivity index (χ3v) is 6.83. The molecule has 2 aliphatic heterocycles. The van der Waals surface area contributed by atoms with Gasteiger partial charge in [0.2, 0.25) is 5.91 Å². The maximum Gasteiger partial charge on any atom is 0.293 e. The van der Waals surface area contributed by atoms with E-state index in [4.69, 9.17) is 4.42 Å². The first-order valence-electron chi connectivity index (χ1n) is 11.9. The van der Waals surface area contributed by atoms with E-state index in [1.54, 1.807) is 21.6 Å². The quantitative estimate of drug-likeness (QED) is 0.589. The molecule has 0 aliphatic carbocycles. The van der Waals surface area contributed by atoms with E-state index in [1.165, 1.54) is 6.26 Å². The number of rotatable bonds is 4. The number of aromatic nitrogens is 2. The summed E-state index contributed by atoms with van der Waals surface area (Å²) in [6.07, 6.45) is 3.10. The number of piperazine rings is 1. The molecule has 2 aromatic heterocycles. The summed E-state index contributed by atoms with van der Waals surface area (Å²) in [7, 11) is 0. The number of para-hydroxylation sites is 2. The average Bonchev–Trinajstić information content (AvgIpc) is 3.43. The number of hydrogen-bond acceptors (Lipinski definition) is 6. The summed E-state index contributed by atoms with van der Waals surface area (Å²) in [4.78, 5) is 49.3. The molecular formula is C25H29N5O4. The minimum Gasteiger partial charge on any atom is -0.459 e. The maximum atomic E-state index is 13.3. The number of fused-ring (bicyclic) bond motifs is 1. The number of nitrogens with zero attached hydrogens (tertiary/aromatic N) is 5. The number of piperidine rings is 1. The van der Waals surface area contributed by atoms with Crippen LogP contribution in [0.4, 0.5) is 5.82 Å². The van der Waals surface area contributed by atoms with Crippen molar-refractivity contribution in [2.45, 2.75) is 26.3 Å². The first-order valence-corrected chi connectivity index (χ1v) is 11.9. The number of carbonyl (C=O) groups is 2. The van der Waals surface area contributed by atoms with Gasteiger partial charge in [0, 0.05) is 45.8 Å². The Morgan fingerprint density at radius 1 is 1.03 bits per heavy atom. The Morgan fingerprint density at radius 3 is 2.53 bits per heavy atom. The lowest BCUT2D eigenvalue weighted by Crippen LogP contribution is -2.54. The number of hydrogen-bond donors (Lipinski definition) is 0. The molecule has 0 unspecified atom stereocenters. The molecule has 2 saturated heterocycles. The van der Waals surface area contributed by atoms with Crippen molar-refractivity contribution >= 4 is 28.7 Å². The summed E-state index contributed by atoms with van der Waals surface area (Å²) in [6, 6.07) is 11.0. The van der Waals surface area contributed by atoms with Crippen molar-refractivity contribution in [1.82, 2.24) is 19.4 Å². The highest BCUT2D eigenvalue weighted by Gasteiger charge is 2.33. The van der Waals surface area contributed by atoms with Gasteiger partial charge in [0.1, 0.15) is 0 Å². The molecule has 178 valence electrons. The summed E-state index contributed by atoms with van der Waals surface area (Å²) in [5, 5.41) is 0. The number of benzene rings is 1. The Labute approximate surface area is 197 Å². The molecule has 4 heterocycles. The first-order chi connectivity index (χ1) is 16.6. The number of aryl methyl sites for hydroxylation is 1. The van der Waals surface area contributed by atoms with E-state index in [2.05, 4.69) is 4.98 Å². The van der Waals surface area contributed by atoms with Crippen LogP contribution in [-0.2, 0) is 11.3 Å². The third-order valence-electron chi connectivity index (χ3n) is 6.83. The highest BCUT2D eigenvalue weighted by molar-refractivity contribution is 5.91. The zero-order valence-corrected chi connectivity index (χ0v) is 19.4. The first kappa shape index (κ1) is 22.2. The molecule has 0 spiro atoms. The normalized spacial score (nSPS) is 19.0. The van der Waals surface area contributed by atoms with E-state index in [-0.39, 0.29) is 23.3 Å². The fourth-order valence-electron chi connectivity index (χ4n) is 5.01. The molecule has 0 N–H and O–H groups in total. The smallest absolute Gasteiger partial charge is 0.293 e. The van der Waals surface area contributed by atoms with Crippen molar-refractivity contribution in [2.75, 3.05) is 44.2 Å². The van der Waals surface area contributed by atoms with E-state index in [0.717, 1.165) is 23.9 Å². The molecular weight excluding hydrogens is 434 g/mol. The van der Waals surface area contributed by atoms with E-state index in [1.807, 2.05) is 41.0 Å². The minimum atomic E-state index is -0.191. The van der Waals surface area contributed by atoms with Crippen LogP contribution in [0.15, 0.2) is 51.9 Å². The van der Waals surface area contributed by atoms with Crippen LogP contribution in [0.25, 0.3) is 11.0 Å². The Balaban J connectivity index is 1.28. The van der Waals surface area contributed by atoms with Gasteiger partial charge < -0.3 is 23.7 Å². The molecule has 2 fully saturated rings. The van der Waals surface area contributed by atoms with E-state index < -0.39 is 0 Å². The van der Waals surface area contributed by atoms with Gasteiger partial charge in [0.15, 0.2) is 11.6 Å². The molecule has 9 nitrogen and oxygen atoms in total. The van der Waals surface area contributed by atoms with Crippen LogP contribution in [0.2, 0.25) is 0 Å². The van der Waals surface area contributed by atoms with Gasteiger partial charge in [-0.15, -0.1) is 0 Å². The lowest BCUT2D eigenvalue weighted by molar-refractivity contribution is -0.137. The fraction of sp³-hybridized carbons (Fsp3) is 0.440. The highest BCUT2D eigenvalue weighted by atomic mass is 16.3. The monoisotopic (exact) mass is 463 g/mol. The number of furan rings is 1. The third kappa shape index (κ3) is 4.06. The zero-order chi connectivity index (χ0) is 23.7. The summed E-state index contributed by atoms with van der Waals surface area (Å²) < 4.78 is 6.96. The van der Waals surface area contributed by atoms with E-state index in [0.29, 0.717) is 57.4 Å². The van der Waals surface area contributed by atoms with Gasteiger partial charge in [-0.1, -0.05) is 12.1 Å². The van der Waals surface area contributed by atoms with Crippen molar-refractivity contribution in [3.8, 4) is 0 Å². The van der Waals surface area contributed by atoms with Gasteiger partial charge in [-0.25, -0.2) is 4.98 Å². The second-order valence-electron chi connectivity index (χ2n) is 8.85. The predicted octanol–water partition coefficient (Wildman–Crippen LogP) is 2.21. The van der Waals surface area contributed by atoms with Crippen LogP contribution in [0.5, 0.6) is 0 Å². The molecule has 2 aliphatic rings. The number of amides is 2. The molecule has 34 heavy (non-hydrogen) atoms. The molecule has 0 bridgehead atoms. The molecule has 9 heteroatoms. The molecule has 3 aromatic rings. The van der Waals surface area contributed by atoms with Crippen LogP contribution in [-0.4, -0.2) is 70.4 Å². The average molecular weight is 464 g/mol. The molecule has 1 atom stereocenters. The van der Waals surface area contributed by atoms with Crippen molar-refractivity contribution in [3.63, 3.8) is 0 Å². The standard InChI is InChI=1S/C25H29N5O4/c1-2-30-20-9-4-3-8-19(20)26-22(25(30)33)29-11-5-7-18(17-29)23(31)27-12-14-28(15-13-27)24(32)21-10-6-16-34-21/h3-4,6,8-10,16,18H,2,5,7,11-15,17H2,1H3/t18-/m0/s1. The van der Waals surface area contributed by atoms with Crippen LogP contribution in [0.1, 0.15) is 30.3 Å². The Hall–Kier alpha value is -3.62. The summed E-state index contributed by atoms with van der Waals surface area (Å²) in [6.45, 7) is 5.66. The van der Waals surface area contributed by atoms with Crippen LogP contribution in [0.3, 0.4) is 0 Å². The van der Waals surface area contributed by atoms with Crippen LogP contribution < -0.4 is 10.5 Å². The molecule has 0 saturated carbocycles. The summed E-state index contributed by atoms with van der Waals surface area (Å²) >= 11 is 0. The van der Waals surface area contributed by atoms with Gasteiger partial charge in [-0.2, -0.15) is 0 Å². The van der Waals surface area contributed by atoms with Gasteiger partial charge in [-0.05, 0) is 44.0 Å². The number of anilines is 1. The Morgan fingerprint density at radius 2 is 1.79 bits per heavy atom. The number of carbonyl (C=O) groups excluding carboxylic acids is 2. The van der Waals surface area contributed by atoms with Gasteiger partial charge in [0.25, 0.3) is 11.5 Å². The van der Waals surface area contributed by atoms with Crippen molar-refractivity contribution in [1.29, 1.82) is 0 Å². The van der Waals surface area contributed by atoms with E-state index >= 15 is 0 Å². The van der Waals surface area contributed by atoms with Crippen LogP contribution in [0, 0.1) is 5.92 Å². The molecule has 1 aromatic carbocycles. The summed E-state index contributed by atoms with van der Waals surface area (Å²) in [5.74, 6) is 0.501. The zero-order valence-electron chi connectivity index (χ0n) is 19.4. The van der Waals surface area contributed by atoms with Crippen molar-refractivity contribution in [2.24, 2.45) is 5.92 Å². The van der Waals surface area contributed by atoms with Gasteiger partial charge in [0.05, 0.1) is 23.2 Å². The van der Waals surface area contributed by atoms with Crippen LogP contribution >= 0.6 is 0 Å². The van der Waals surface area contributed by atoms with Crippen molar-refractivity contribution < 1.29 is 14.0 Å². The second-order valence-corrected chi connectivity index (χ2v) is 8.85. The lowest BCUT2D eigenvalue weighted by atomic mass is 9.96. The second kappa shape index (κ2) is 9.32. The van der Waals surface area contributed by atoms with Crippen molar-refractivity contribution in [3.05, 3.63) is 58.8 Å². The Kier molecular flexibility index (Phi) is 6.08.